The van der Waals surface area contributed by atoms with E-state index in [0.29, 0.717) is 12.2 Å². The van der Waals surface area contributed by atoms with Gasteiger partial charge in [0.05, 0.1) is 34.2 Å². The third kappa shape index (κ3) is 4.48. The van der Waals surface area contributed by atoms with E-state index in [-0.39, 0.29) is 5.41 Å². The number of hydrogen-bond donors (Lipinski definition) is 3. The van der Waals surface area contributed by atoms with Crippen LogP contribution in [0.4, 0.5) is 0 Å². The van der Waals surface area contributed by atoms with Gasteiger partial charge in [-0.15, -0.1) is 11.3 Å². The molecule has 190 valence electrons. The zero-order valence-corrected chi connectivity index (χ0v) is 22.7. The standard InChI is InChI=1S/C30H29N7S/c1-17-6-7-26(38-17)28-22-14-25(35-24(22)9-11-32-28)27-23-13-20(15-33-29(23)37-36-27)19-8-10-31-16-21(12-19)34-18(2)30(3,4)5/h6-9,11-16,34-35H,2,10H2,1,3-5H3,(H,33,36,37). The number of nitrogens with zero attached hydrogens (tertiary/aromatic N) is 4. The minimum Gasteiger partial charge on any atom is -0.358 e. The maximum Gasteiger partial charge on any atom is 0.181 e. The lowest BCUT2D eigenvalue weighted by Crippen LogP contribution is -2.23. The Hall–Kier alpha value is -4.30. The van der Waals surface area contributed by atoms with E-state index in [1.165, 1.54) is 4.88 Å². The van der Waals surface area contributed by atoms with Gasteiger partial charge in [-0.3, -0.25) is 15.1 Å². The average molecular weight is 520 g/mol. The van der Waals surface area contributed by atoms with Crippen molar-refractivity contribution in [1.29, 1.82) is 0 Å². The highest BCUT2D eigenvalue weighted by molar-refractivity contribution is 7.15. The lowest BCUT2D eigenvalue weighted by atomic mass is 9.92. The smallest absolute Gasteiger partial charge is 0.181 e. The predicted molar refractivity (Wildman–Crippen MR) is 158 cm³/mol. The number of thiophene rings is 1. The summed E-state index contributed by atoms with van der Waals surface area (Å²) in [5, 5.41) is 13.1. The molecule has 0 saturated carbocycles. The molecule has 6 rings (SSSR count). The Morgan fingerprint density at radius 3 is 2.76 bits per heavy atom. The number of fused-ring (bicyclic) bond motifs is 2. The van der Waals surface area contributed by atoms with Crippen LogP contribution in [0.5, 0.6) is 0 Å². The monoisotopic (exact) mass is 519 g/mol. The second-order valence-corrected chi connectivity index (χ2v) is 11.8. The van der Waals surface area contributed by atoms with Gasteiger partial charge in [0.25, 0.3) is 0 Å². The number of aryl methyl sites for hydroxylation is 1. The van der Waals surface area contributed by atoms with Crippen LogP contribution in [0.3, 0.4) is 0 Å². The number of nitrogens with one attached hydrogen (secondary N) is 3. The van der Waals surface area contributed by atoms with E-state index in [1.54, 1.807) is 11.3 Å². The molecule has 1 aliphatic heterocycles. The summed E-state index contributed by atoms with van der Waals surface area (Å²) >= 11 is 1.75. The van der Waals surface area contributed by atoms with E-state index in [4.69, 9.17) is 0 Å². The van der Waals surface area contributed by atoms with Crippen LogP contribution in [0.25, 0.3) is 49.5 Å². The van der Waals surface area contributed by atoms with Crippen LogP contribution < -0.4 is 5.32 Å². The third-order valence-corrected chi connectivity index (χ3v) is 7.70. The van der Waals surface area contributed by atoms with Crippen molar-refractivity contribution < 1.29 is 0 Å². The third-order valence-electron chi connectivity index (χ3n) is 6.69. The molecule has 5 aromatic heterocycles. The Bertz CT molecular complexity index is 1790. The molecular weight excluding hydrogens is 490 g/mol. The SMILES string of the molecule is C=C(NC1=CC(c2cnc3n[nH]c(-c4cc5c(-c6ccc(C)s6)nccc5[nH]4)c3c2)=CCN=C1)C(C)(C)C. The Balaban J connectivity index is 1.39. The number of pyridine rings is 2. The average Bonchev–Trinajstić information content (AvgIpc) is 3.57. The zero-order valence-electron chi connectivity index (χ0n) is 21.9. The number of aromatic amines is 2. The summed E-state index contributed by atoms with van der Waals surface area (Å²) < 4.78 is 0. The molecule has 0 aromatic carbocycles. The normalized spacial score (nSPS) is 14.0. The first-order valence-electron chi connectivity index (χ1n) is 12.5. The highest BCUT2D eigenvalue weighted by Gasteiger charge is 2.18. The van der Waals surface area contributed by atoms with Crippen molar-refractivity contribution in [3.8, 4) is 22.0 Å². The fourth-order valence-corrected chi connectivity index (χ4v) is 5.29. The molecule has 1 aliphatic rings. The van der Waals surface area contributed by atoms with Crippen molar-refractivity contribution in [1.82, 2.24) is 30.5 Å². The molecule has 0 fully saturated rings. The van der Waals surface area contributed by atoms with Gasteiger partial charge in [0.15, 0.2) is 5.65 Å². The lowest BCUT2D eigenvalue weighted by molar-refractivity contribution is 0.479. The van der Waals surface area contributed by atoms with Crippen molar-refractivity contribution in [2.75, 3.05) is 6.54 Å². The molecule has 3 N–H and O–H groups in total. The van der Waals surface area contributed by atoms with Crippen LogP contribution in [0, 0.1) is 12.3 Å². The summed E-state index contributed by atoms with van der Waals surface area (Å²) in [6, 6.07) is 10.6. The number of hydrogen-bond acceptors (Lipinski definition) is 6. The molecule has 0 amide bonds. The maximum absolute atomic E-state index is 4.69. The summed E-state index contributed by atoms with van der Waals surface area (Å²) in [4.78, 5) is 19.9. The van der Waals surface area contributed by atoms with Gasteiger partial charge in [-0.2, -0.15) is 5.10 Å². The van der Waals surface area contributed by atoms with Gasteiger partial charge in [0.2, 0.25) is 0 Å². The lowest BCUT2D eigenvalue weighted by Gasteiger charge is -2.23. The molecule has 7 nitrogen and oxygen atoms in total. The molecule has 0 unspecified atom stereocenters. The predicted octanol–water partition coefficient (Wildman–Crippen LogP) is 7.04. The number of allylic oxidation sites excluding steroid dienone is 4. The van der Waals surface area contributed by atoms with Crippen molar-refractivity contribution >= 4 is 45.1 Å². The summed E-state index contributed by atoms with van der Waals surface area (Å²) in [5.74, 6) is 0. The van der Waals surface area contributed by atoms with Gasteiger partial charge in [-0.25, -0.2) is 4.98 Å². The zero-order chi connectivity index (χ0) is 26.4. The molecular formula is C30H29N7S. The van der Waals surface area contributed by atoms with Crippen LogP contribution in [-0.4, -0.2) is 37.9 Å². The highest BCUT2D eigenvalue weighted by Crippen LogP contribution is 2.35. The van der Waals surface area contributed by atoms with Gasteiger partial charge in [0.1, 0.15) is 0 Å². The first kappa shape index (κ1) is 24.1. The van der Waals surface area contributed by atoms with Crippen molar-refractivity contribution in [3.63, 3.8) is 0 Å². The Kier molecular flexibility index (Phi) is 5.84. The highest BCUT2D eigenvalue weighted by atomic mass is 32.1. The summed E-state index contributed by atoms with van der Waals surface area (Å²) in [6.45, 7) is 13.3. The number of aliphatic imine (C=N–C) groups is 1. The second kappa shape index (κ2) is 9.22. The molecule has 8 heteroatoms. The Morgan fingerprint density at radius 1 is 1.11 bits per heavy atom. The summed E-state index contributed by atoms with van der Waals surface area (Å²) in [7, 11) is 0. The van der Waals surface area contributed by atoms with E-state index >= 15 is 0 Å². The molecule has 6 heterocycles. The van der Waals surface area contributed by atoms with Crippen molar-refractivity contribution in [3.05, 3.63) is 83.3 Å². The van der Waals surface area contributed by atoms with Gasteiger partial charge in [-0.05, 0) is 48.9 Å². The number of rotatable bonds is 5. The largest absolute Gasteiger partial charge is 0.358 e. The summed E-state index contributed by atoms with van der Waals surface area (Å²) in [6.07, 6.45) is 9.78. The Morgan fingerprint density at radius 2 is 1.97 bits per heavy atom. The van der Waals surface area contributed by atoms with Gasteiger partial charge < -0.3 is 10.3 Å². The minimum atomic E-state index is -0.0612. The molecule has 0 radical (unpaired) electrons. The van der Waals surface area contributed by atoms with Crippen LogP contribution in [-0.2, 0) is 0 Å². The Labute approximate surface area is 225 Å². The second-order valence-electron chi connectivity index (χ2n) is 10.5. The van der Waals surface area contributed by atoms with Crippen LogP contribution in [0.1, 0.15) is 31.2 Å². The quantitative estimate of drug-likeness (QED) is 0.232. The number of aromatic nitrogens is 5. The first-order valence-corrected chi connectivity index (χ1v) is 13.4. The van der Waals surface area contributed by atoms with Crippen LogP contribution in [0.15, 0.2) is 77.8 Å². The minimum absolute atomic E-state index is 0.0612. The molecule has 0 saturated heterocycles. The van der Waals surface area contributed by atoms with Crippen molar-refractivity contribution in [2.24, 2.45) is 10.4 Å². The van der Waals surface area contributed by atoms with E-state index < -0.39 is 0 Å². The van der Waals surface area contributed by atoms with Crippen LogP contribution in [0.2, 0.25) is 0 Å². The molecule has 0 aliphatic carbocycles. The van der Waals surface area contributed by atoms with Gasteiger partial charge in [0, 0.05) is 56.5 Å². The molecule has 0 atom stereocenters. The molecule has 5 aromatic rings. The topological polar surface area (TPSA) is 94.6 Å². The van der Waals surface area contributed by atoms with Gasteiger partial charge in [-0.1, -0.05) is 33.4 Å². The molecule has 38 heavy (non-hydrogen) atoms. The van der Waals surface area contributed by atoms with E-state index in [1.807, 2.05) is 24.7 Å². The van der Waals surface area contributed by atoms with E-state index in [9.17, 15) is 0 Å². The van der Waals surface area contributed by atoms with Gasteiger partial charge >= 0.3 is 0 Å². The first-order chi connectivity index (χ1) is 18.3. The molecule has 0 spiro atoms. The molecule has 0 bridgehead atoms. The maximum atomic E-state index is 4.69. The van der Waals surface area contributed by atoms with Crippen molar-refractivity contribution in [2.45, 2.75) is 27.7 Å². The van der Waals surface area contributed by atoms with E-state index in [2.05, 4.69) is 106 Å². The number of H-pyrrole nitrogens is 2. The van der Waals surface area contributed by atoms with E-state index in [0.717, 1.165) is 60.8 Å². The fraction of sp³-hybridized carbons (Fsp3) is 0.200. The summed E-state index contributed by atoms with van der Waals surface area (Å²) in [5.41, 5.74) is 8.35. The van der Waals surface area contributed by atoms with Crippen LogP contribution >= 0.6 is 11.3 Å². The fourth-order valence-electron chi connectivity index (χ4n) is 4.41.